The lowest BCUT2D eigenvalue weighted by molar-refractivity contribution is -0.305. The van der Waals surface area contributed by atoms with E-state index in [1.165, 1.54) is 0 Å². The van der Waals surface area contributed by atoms with Crippen LogP contribution in [0.25, 0.3) is 0 Å². The molecule has 1 fully saturated rings. The Bertz CT molecular complexity index is 1210. The van der Waals surface area contributed by atoms with Crippen molar-refractivity contribution < 1.29 is 49.0 Å². The van der Waals surface area contributed by atoms with Gasteiger partial charge in [0.15, 0.2) is 12.4 Å². The highest BCUT2D eigenvalue weighted by molar-refractivity contribution is 5.70. The average molecular weight is 771 g/mol. The molecule has 6 atom stereocenters. The molecule has 0 aliphatic carbocycles. The molecule has 10 nitrogen and oxygen atoms in total. The van der Waals surface area contributed by atoms with E-state index in [2.05, 4.69) is 111 Å². The number of aliphatic hydroxyl groups is 4. The molecule has 1 aliphatic heterocycles. The highest BCUT2D eigenvalue weighted by Gasteiger charge is 2.44. The molecule has 0 spiro atoms. The Morgan fingerprint density at radius 1 is 0.564 bits per heavy atom. The van der Waals surface area contributed by atoms with Gasteiger partial charge in [0.05, 0.1) is 13.2 Å². The lowest BCUT2D eigenvalue weighted by atomic mass is 9.99. The van der Waals surface area contributed by atoms with E-state index in [1.807, 2.05) is 0 Å². The minimum Gasteiger partial charge on any atom is -0.462 e. The molecule has 0 bridgehead atoms. The Kier molecular flexibility index (Phi) is 31.6. The topological polar surface area (TPSA) is 152 Å². The van der Waals surface area contributed by atoms with Crippen LogP contribution in [0.1, 0.15) is 117 Å². The van der Waals surface area contributed by atoms with Crippen LogP contribution in [0.15, 0.2) is 97.2 Å². The molecular formula is C45H70O10. The van der Waals surface area contributed by atoms with Crippen LogP contribution in [0, 0.1) is 0 Å². The summed E-state index contributed by atoms with van der Waals surface area (Å²) in [6, 6.07) is 0. The monoisotopic (exact) mass is 770 g/mol. The van der Waals surface area contributed by atoms with Crippen LogP contribution >= 0.6 is 0 Å². The fourth-order valence-electron chi connectivity index (χ4n) is 5.28. The van der Waals surface area contributed by atoms with E-state index in [1.54, 1.807) is 0 Å². The first-order valence-electron chi connectivity index (χ1n) is 20.3. The van der Waals surface area contributed by atoms with Crippen molar-refractivity contribution >= 4 is 11.9 Å². The molecule has 0 saturated carbocycles. The van der Waals surface area contributed by atoms with Gasteiger partial charge in [0.1, 0.15) is 31.0 Å². The predicted molar refractivity (Wildman–Crippen MR) is 219 cm³/mol. The molecule has 1 heterocycles. The van der Waals surface area contributed by atoms with Crippen LogP contribution in [-0.2, 0) is 28.5 Å². The molecule has 0 aromatic rings. The summed E-state index contributed by atoms with van der Waals surface area (Å²) < 4.78 is 22.0. The Labute approximate surface area is 330 Å². The van der Waals surface area contributed by atoms with Gasteiger partial charge in [0.2, 0.25) is 0 Å². The average Bonchev–Trinajstić information content (AvgIpc) is 3.18. The molecule has 0 aromatic carbocycles. The first kappa shape index (κ1) is 49.6. The van der Waals surface area contributed by atoms with Gasteiger partial charge in [-0.25, -0.2) is 0 Å². The van der Waals surface area contributed by atoms with Gasteiger partial charge in [0.25, 0.3) is 0 Å². The van der Waals surface area contributed by atoms with Gasteiger partial charge in [-0.05, 0) is 89.9 Å². The fraction of sp³-hybridized carbons (Fsp3) is 0.600. The predicted octanol–water partition coefficient (Wildman–Crippen LogP) is 7.99. The van der Waals surface area contributed by atoms with Gasteiger partial charge < -0.3 is 39.4 Å². The van der Waals surface area contributed by atoms with E-state index in [0.717, 1.165) is 77.0 Å². The van der Waals surface area contributed by atoms with E-state index in [4.69, 9.17) is 18.9 Å². The Balaban J connectivity index is 2.46. The third-order valence-corrected chi connectivity index (χ3v) is 8.46. The molecule has 1 aliphatic rings. The molecule has 55 heavy (non-hydrogen) atoms. The summed E-state index contributed by atoms with van der Waals surface area (Å²) in [7, 11) is 0. The summed E-state index contributed by atoms with van der Waals surface area (Å²) >= 11 is 0. The standard InChI is InChI=1S/C45H70O10/c1-3-5-7-9-11-13-15-17-19-21-23-25-27-29-31-33-40(47)52-36-38(37-53-45-44(51)43(50)42(49)39(35-46)55-45)54-41(48)34-32-30-28-26-24-22-20-18-16-14-12-10-8-6-4-2/h5-8,11-14,17-20,23-26,38-39,42-46,49-51H,3-4,9-10,15-16,21-22,27-37H2,1-2H3/b7-5+,8-6+,13-11+,14-12+,19-17+,20-18+,25-23+,26-24+/t38-,39-,42+,43+,44-,45-/m1/s1. The van der Waals surface area contributed by atoms with Crippen LogP contribution in [0.4, 0.5) is 0 Å². The van der Waals surface area contributed by atoms with Gasteiger partial charge in [-0.15, -0.1) is 0 Å². The number of aliphatic hydroxyl groups excluding tert-OH is 4. The number of hydrogen-bond donors (Lipinski definition) is 4. The molecule has 0 unspecified atom stereocenters. The van der Waals surface area contributed by atoms with Gasteiger partial charge in [0, 0.05) is 12.8 Å². The van der Waals surface area contributed by atoms with Crippen molar-refractivity contribution in [3.05, 3.63) is 97.2 Å². The zero-order valence-corrected chi connectivity index (χ0v) is 33.4. The van der Waals surface area contributed by atoms with Crippen molar-refractivity contribution in [1.29, 1.82) is 0 Å². The molecule has 0 amide bonds. The third kappa shape index (κ3) is 27.0. The van der Waals surface area contributed by atoms with Crippen LogP contribution in [0.3, 0.4) is 0 Å². The summed E-state index contributed by atoms with van der Waals surface area (Å²) in [6.07, 6.45) is 38.5. The molecular weight excluding hydrogens is 700 g/mol. The third-order valence-electron chi connectivity index (χ3n) is 8.46. The molecule has 0 radical (unpaired) electrons. The second-order valence-corrected chi connectivity index (χ2v) is 13.3. The Morgan fingerprint density at radius 2 is 1.00 bits per heavy atom. The Hall–Kier alpha value is -3.38. The maximum atomic E-state index is 12.7. The Morgan fingerprint density at radius 3 is 1.45 bits per heavy atom. The van der Waals surface area contributed by atoms with Gasteiger partial charge in [-0.2, -0.15) is 0 Å². The highest BCUT2D eigenvalue weighted by atomic mass is 16.7. The number of unbranched alkanes of at least 4 members (excludes halogenated alkanes) is 4. The summed E-state index contributed by atoms with van der Waals surface area (Å²) in [5, 5.41) is 40.0. The lowest BCUT2D eigenvalue weighted by Crippen LogP contribution is -2.59. The minimum atomic E-state index is -1.61. The van der Waals surface area contributed by atoms with Crippen LogP contribution in [0.5, 0.6) is 0 Å². The number of carbonyl (C=O) groups excluding carboxylic acids is 2. The number of allylic oxidation sites excluding steroid dienone is 16. The van der Waals surface area contributed by atoms with Gasteiger partial charge >= 0.3 is 11.9 Å². The van der Waals surface area contributed by atoms with Gasteiger partial charge in [-0.3, -0.25) is 9.59 Å². The van der Waals surface area contributed by atoms with E-state index >= 15 is 0 Å². The van der Waals surface area contributed by atoms with Crippen LogP contribution < -0.4 is 0 Å². The van der Waals surface area contributed by atoms with Crippen LogP contribution in [0.2, 0.25) is 0 Å². The molecule has 1 saturated heterocycles. The molecule has 10 heteroatoms. The zero-order chi connectivity index (χ0) is 40.2. The first-order chi connectivity index (χ1) is 26.8. The second-order valence-electron chi connectivity index (χ2n) is 13.3. The van der Waals surface area contributed by atoms with Crippen molar-refractivity contribution in [2.75, 3.05) is 19.8 Å². The number of rotatable bonds is 31. The molecule has 0 aromatic heterocycles. The number of esters is 2. The van der Waals surface area contributed by atoms with E-state index in [9.17, 15) is 30.0 Å². The lowest BCUT2D eigenvalue weighted by Gasteiger charge is -2.39. The zero-order valence-electron chi connectivity index (χ0n) is 33.4. The number of hydrogen-bond acceptors (Lipinski definition) is 10. The van der Waals surface area contributed by atoms with Crippen molar-refractivity contribution in [2.45, 2.75) is 153 Å². The summed E-state index contributed by atoms with van der Waals surface area (Å²) in [4.78, 5) is 25.2. The number of ether oxygens (including phenoxy) is 4. The minimum absolute atomic E-state index is 0.162. The maximum absolute atomic E-state index is 12.7. The maximum Gasteiger partial charge on any atom is 0.306 e. The van der Waals surface area contributed by atoms with Crippen molar-refractivity contribution in [1.82, 2.24) is 0 Å². The SMILES string of the molecule is CC/C=C/C/C=C/C/C=C/C/C=C/CCCCC(=O)OC[C@H](CO[C@@H]1O[C@H](CO)[C@H](O)[C@H](O)[C@H]1O)OC(=O)CCCC/C=C/C/C=C/C/C=C/C/C=C/CC. The first-order valence-corrected chi connectivity index (χ1v) is 20.3. The largest absolute Gasteiger partial charge is 0.462 e. The van der Waals surface area contributed by atoms with Crippen molar-refractivity contribution in [3.63, 3.8) is 0 Å². The van der Waals surface area contributed by atoms with E-state index in [0.29, 0.717) is 12.8 Å². The normalized spacial score (nSPS) is 21.6. The second kappa shape index (κ2) is 35.1. The molecule has 1 rings (SSSR count). The van der Waals surface area contributed by atoms with Crippen LogP contribution in [-0.4, -0.2) is 89.0 Å². The summed E-state index contributed by atoms with van der Waals surface area (Å²) in [5.74, 6) is -0.918. The highest BCUT2D eigenvalue weighted by Crippen LogP contribution is 2.22. The smallest absolute Gasteiger partial charge is 0.306 e. The van der Waals surface area contributed by atoms with E-state index < -0.39 is 55.4 Å². The van der Waals surface area contributed by atoms with Gasteiger partial charge in [-0.1, -0.05) is 111 Å². The quantitative estimate of drug-likeness (QED) is 0.0310. The van der Waals surface area contributed by atoms with E-state index in [-0.39, 0.29) is 26.1 Å². The summed E-state index contributed by atoms with van der Waals surface area (Å²) in [6.45, 7) is 3.07. The van der Waals surface area contributed by atoms with Crippen molar-refractivity contribution in [2.24, 2.45) is 0 Å². The number of carbonyl (C=O) groups is 2. The fourth-order valence-corrected chi connectivity index (χ4v) is 5.28. The van der Waals surface area contributed by atoms with Crippen molar-refractivity contribution in [3.8, 4) is 0 Å². The molecule has 310 valence electrons. The summed E-state index contributed by atoms with van der Waals surface area (Å²) in [5.41, 5.74) is 0. The molecule has 4 N–H and O–H groups in total.